The van der Waals surface area contributed by atoms with E-state index in [9.17, 15) is 0 Å². The number of rotatable bonds is 1. The van der Waals surface area contributed by atoms with Gasteiger partial charge in [-0.25, -0.2) is 4.98 Å². The van der Waals surface area contributed by atoms with Gasteiger partial charge in [0.2, 0.25) is 0 Å². The average molecular weight is 291 g/mol. The fourth-order valence-electron chi connectivity index (χ4n) is 2.75. The molecule has 2 aromatic heterocycles. The van der Waals surface area contributed by atoms with Crippen LogP contribution >= 0.6 is 23.7 Å². The van der Waals surface area contributed by atoms with Gasteiger partial charge in [0.15, 0.2) is 4.96 Å². The van der Waals surface area contributed by atoms with Crippen LogP contribution in [0.2, 0.25) is 0 Å². The van der Waals surface area contributed by atoms with Gasteiger partial charge in [-0.1, -0.05) is 23.8 Å². The van der Waals surface area contributed by atoms with E-state index < -0.39 is 0 Å². The molecular formula is C15H15ClN2S. The molecular weight excluding hydrogens is 276 g/mol. The Bertz CT molecular complexity index is 742. The summed E-state index contributed by atoms with van der Waals surface area (Å²) >= 11 is 1.86. The minimum absolute atomic E-state index is 0. The first-order valence-corrected chi connectivity index (χ1v) is 7.19. The van der Waals surface area contributed by atoms with Crippen LogP contribution in [0.4, 0.5) is 0 Å². The number of hydrogen-bond acceptors (Lipinski definition) is 2. The molecule has 0 aliphatic heterocycles. The number of benzene rings is 1. The van der Waals surface area contributed by atoms with E-state index in [4.69, 9.17) is 4.98 Å². The molecule has 0 spiro atoms. The summed E-state index contributed by atoms with van der Waals surface area (Å²) in [5.74, 6) is 0. The van der Waals surface area contributed by atoms with Crippen molar-refractivity contribution in [2.24, 2.45) is 0 Å². The molecule has 0 N–H and O–H groups in total. The van der Waals surface area contributed by atoms with Gasteiger partial charge in [0.25, 0.3) is 0 Å². The minimum atomic E-state index is 0. The number of aromatic nitrogens is 2. The monoisotopic (exact) mass is 290 g/mol. The van der Waals surface area contributed by atoms with Gasteiger partial charge in [0.1, 0.15) is 0 Å². The Balaban J connectivity index is 0.00000110. The Morgan fingerprint density at radius 1 is 1.26 bits per heavy atom. The van der Waals surface area contributed by atoms with Crippen molar-refractivity contribution in [2.45, 2.75) is 26.2 Å². The smallest absolute Gasteiger partial charge is 0.194 e. The lowest BCUT2D eigenvalue weighted by Crippen LogP contribution is -1.85. The van der Waals surface area contributed by atoms with Crippen LogP contribution in [0.25, 0.3) is 16.2 Å². The maximum absolute atomic E-state index is 4.77. The SMILES string of the molecule is Cc1cccc(-c2cn3c4c(sc3n2)CCC4)c1.Cl. The molecule has 0 saturated heterocycles. The summed E-state index contributed by atoms with van der Waals surface area (Å²) in [6.07, 6.45) is 5.95. The van der Waals surface area contributed by atoms with Crippen molar-refractivity contribution in [1.82, 2.24) is 9.38 Å². The number of thiazole rings is 1. The summed E-state index contributed by atoms with van der Waals surface area (Å²) in [5.41, 5.74) is 5.09. The first-order valence-electron chi connectivity index (χ1n) is 6.38. The zero-order chi connectivity index (χ0) is 12.1. The van der Waals surface area contributed by atoms with Crippen molar-refractivity contribution in [2.75, 3.05) is 0 Å². The van der Waals surface area contributed by atoms with Crippen LogP contribution in [0.1, 0.15) is 22.6 Å². The summed E-state index contributed by atoms with van der Waals surface area (Å²) in [4.78, 5) is 7.45. The second-order valence-electron chi connectivity index (χ2n) is 4.97. The lowest BCUT2D eigenvalue weighted by Gasteiger charge is -1.97. The van der Waals surface area contributed by atoms with Gasteiger partial charge in [-0.05, 0) is 32.3 Å². The zero-order valence-electron chi connectivity index (χ0n) is 10.7. The van der Waals surface area contributed by atoms with E-state index in [1.165, 1.54) is 41.0 Å². The van der Waals surface area contributed by atoms with Crippen molar-refractivity contribution in [1.29, 1.82) is 0 Å². The van der Waals surface area contributed by atoms with Crippen LogP contribution in [-0.4, -0.2) is 9.38 Å². The number of imidazole rings is 1. The van der Waals surface area contributed by atoms with Crippen molar-refractivity contribution in [3.63, 3.8) is 0 Å². The summed E-state index contributed by atoms with van der Waals surface area (Å²) < 4.78 is 2.30. The Labute approximate surface area is 122 Å². The van der Waals surface area contributed by atoms with E-state index >= 15 is 0 Å². The standard InChI is InChI=1S/C15H14N2S.ClH/c1-10-4-2-5-11(8-10)12-9-17-13-6-3-7-14(13)18-15(17)16-12;/h2,4-5,8-9H,3,6-7H2,1H3;1H. The van der Waals surface area contributed by atoms with Crippen molar-refractivity contribution in [3.8, 4) is 11.3 Å². The van der Waals surface area contributed by atoms with E-state index in [0.717, 1.165) is 10.7 Å². The highest BCUT2D eigenvalue weighted by Gasteiger charge is 2.19. The van der Waals surface area contributed by atoms with Crippen LogP contribution in [0, 0.1) is 6.92 Å². The van der Waals surface area contributed by atoms with E-state index in [1.54, 1.807) is 0 Å². The first-order chi connectivity index (χ1) is 8.81. The first kappa shape index (κ1) is 12.7. The lowest BCUT2D eigenvalue weighted by molar-refractivity contribution is 0.888. The van der Waals surface area contributed by atoms with Gasteiger partial charge < -0.3 is 0 Å². The van der Waals surface area contributed by atoms with Gasteiger partial charge in [-0.3, -0.25) is 4.40 Å². The van der Waals surface area contributed by atoms with Crippen molar-refractivity contribution in [3.05, 3.63) is 46.6 Å². The molecule has 3 aromatic rings. The third kappa shape index (κ3) is 1.97. The van der Waals surface area contributed by atoms with Crippen molar-refractivity contribution >= 4 is 28.7 Å². The van der Waals surface area contributed by atoms with Crippen LogP contribution in [-0.2, 0) is 12.8 Å². The van der Waals surface area contributed by atoms with E-state index in [2.05, 4.69) is 41.8 Å². The third-order valence-corrected chi connectivity index (χ3v) is 4.79. The lowest BCUT2D eigenvalue weighted by atomic mass is 10.1. The van der Waals surface area contributed by atoms with Crippen molar-refractivity contribution < 1.29 is 0 Å². The van der Waals surface area contributed by atoms with Gasteiger partial charge >= 0.3 is 0 Å². The second-order valence-corrected chi connectivity index (χ2v) is 6.04. The Kier molecular flexibility index (Phi) is 3.11. The molecule has 19 heavy (non-hydrogen) atoms. The number of hydrogen-bond donors (Lipinski definition) is 0. The van der Waals surface area contributed by atoms with E-state index in [1.807, 2.05) is 11.3 Å². The quantitative estimate of drug-likeness (QED) is 0.654. The fourth-order valence-corrected chi connectivity index (χ4v) is 3.94. The van der Waals surface area contributed by atoms with Gasteiger partial charge in [-0.15, -0.1) is 23.7 Å². The molecule has 0 radical (unpaired) electrons. The second kappa shape index (κ2) is 4.66. The van der Waals surface area contributed by atoms with E-state index in [-0.39, 0.29) is 12.4 Å². The molecule has 2 heterocycles. The highest BCUT2D eigenvalue weighted by Crippen LogP contribution is 2.32. The number of aryl methyl sites for hydroxylation is 3. The number of halogens is 1. The molecule has 1 aliphatic rings. The topological polar surface area (TPSA) is 17.3 Å². The van der Waals surface area contributed by atoms with E-state index in [0.29, 0.717) is 0 Å². The molecule has 4 rings (SSSR count). The fraction of sp³-hybridized carbons (Fsp3) is 0.267. The molecule has 4 heteroatoms. The predicted molar refractivity (Wildman–Crippen MR) is 82.5 cm³/mol. The Morgan fingerprint density at radius 3 is 3.00 bits per heavy atom. The summed E-state index contributed by atoms with van der Waals surface area (Å²) in [5, 5.41) is 0. The maximum Gasteiger partial charge on any atom is 0.194 e. The molecule has 98 valence electrons. The largest absolute Gasteiger partial charge is 0.294 e. The maximum atomic E-state index is 4.77. The molecule has 0 fully saturated rings. The zero-order valence-corrected chi connectivity index (χ0v) is 12.4. The van der Waals surface area contributed by atoms with Gasteiger partial charge in [0, 0.05) is 22.3 Å². The summed E-state index contributed by atoms with van der Waals surface area (Å²) in [7, 11) is 0. The minimum Gasteiger partial charge on any atom is -0.294 e. The highest BCUT2D eigenvalue weighted by atomic mass is 35.5. The molecule has 1 aromatic carbocycles. The Hall–Kier alpha value is -1.32. The molecule has 0 saturated carbocycles. The van der Waals surface area contributed by atoms with Crippen LogP contribution in [0.3, 0.4) is 0 Å². The summed E-state index contributed by atoms with van der Waals surface area (Å²) in [6, 6.07) is 8.56. The third-order valence-electron chi connectivity index (χ3n) is 3.63. The summed E-state index contributed by atoms with van der Waals surface area (Å²) in [6.45, 7) is 2.12. The molecule has 1 aliphatic carbocycles. The van der Waals surface area contributed by atoms with Crippen LogP contribution in [0.5, 0.6) is 0 Å². The van der Waals surface area contributed by atoms with Crippen LogP contribution in [0.15, 0.2) is 30.5 Å². The molecule has 0 unspecified atom stereocenters. The van der Waals surface area contributed by atoms with Gasteiger partial charge in [0.05, 0.1) is 5.69 Å². The molecule has 2 nitrogen and oxygen atoms in total. The average Bonchev–Trinajstić information content (AvgIpc) is 2.99. The Morgan fingerprint density at radius 2 is 2.16 bits per heavy atom. The number of fused-ring (bicyclic) bond motifs is 3. The number of nitrogens with zero attached hydrogens (tertiary/aromatic N) is 2. The normalized spacial score (nSPS) is 13.5. The molecule has 0 amide bonds. The molecule has 0 bridgehead atoms. The van der Waals surface area contributed by atoms with Crippen LogP contribution < -0.4 is 0 Å². The highest BCUT2D eigenvalue weighted by molar-refractivity contribution is 7.17. The molecule has 0 atom stereocenters. The van der Waals surface area contributed by atoms with Gasteiger partial charge in [-0.2, -0.15) is 0 Å². The predicted octanol–water partition coefficient (Wildman–Crippen LogP) is 4.28.